The molecule has 0 radical (unpaired) electrons. The summed E-state index contributed by atoms with van der Waals surface area (Å²) in [6, 6.07) is 1.97. The van der Waals surface area contributed by atoms with Gasteiger partial charge in [-0.05, 0) is 12.1 Å². The van der Waals surface area contributed by atoms with Gasteiger partial charge in [-0.3, -0.25) is 4.99 Å². The first-order valence-corrected chi connectivity index (χ1v) is 3.21. The molecule has 2 nitrogen and oxygen atoms in total. The maximum atomic E-state index is 5.17. The van der Waals surface area contributed by atoms with Crippen molar-refractivity contribution in [2.24, 2.45) is 4.99 Å². The molecule has 11 heavy (non-hydrogen) atoms. The SMILES string of the molecule is C1=Cc2occc2CC=N1.Cl. The highest BCUT2D eigenvalue weighted by molar-refractivity contribution is 5.85. The average molecular weight is 170 g/mol. The van der Waals surface area contributed by atoms with Crippen LogP contribution in [0, 0.1) is 0 Å². The van der Waals surface area contributed by atoms with Crippen molar-refractivity contribution in [3.8, 4) is 0 Å². The highest BCUT2D eigenvalue weighted by atomic mass is 35.5. The quantitative estimate of drug-likeness (QED) is 0.585. The molecule has 0 atom stereocenters. The van der Waals surface area contributed by atoms with E-state index in [1.165, 1.54) is 5.56 Å². The molecule has 0 aromatic carbocycles. The average Bonchev–Trinajstić information content (AvgIpc) is 2.28. The molecule has 58 valence electrons. The van der Waals surface area contributed by atoms with Gasteiger partial charge in [0, 0.05) is 24.4 Å². The van der Waals surface area contributed by atoms with E-state index in [1.54, 1.807) is 12.5 Å². The Hall–Kier alpha value is -1.02. The second-order valence-electron chi connectivity index (χ2n) is 2.16. The Bertz CT molecular complexity index is 288. The van der Waals surface area contributed by atoms with Gasteiger partial charge in [-0.2, -0.15) is 0 Å². The third-order valence-corrected chi connectivity index (χ3v) is 1.51. The van der Waals surface area contributed by atoms with Gasteiger partial charge in [0.15, 0.2) is 0 Å². The smallest absolute Gasteiger partial charge is 0.131 e. The predicted molar refractivity (Wildman–Crippen MR) is 47.2 cm³/mol. The van der Waals surface area contributed by atoms with Gasteiger partial charge >= 0.3 is 0 Å². The summed E-state index contributed by atoms with van der Waals surface area (Å²) in [5.74, 6) is 0.928. The zero-order valence-corrected chi connectivity index (χ0v) is 6.67. The lowest BCUT2D eigenvalue weighted by Crippen LogP contribution is -1.81. The largest absolute Gasteiger partial charge is 0.465 e. The number of furan rings is 1. The molecule has 0 aliphatic carbocycles. The van der Waals surface area contributed by atoms with E-state index < -0.39 is 0 Å². The Morgan fingerprint density at radius 3 is 3.27 bits per heavy atom. The van der Waals surface area contributed by atoms with E-state index in [0.717, 1.165) is 12.2 Å². The van der Waals surface area contributed by atoms with Crippen LogP contribution >= 0.6 is 12.4 Å². The van der Waals surface area contributed by atoms with Crippen LogP contribution in [0.5, 0.6) is 0 Å². The van der Waals surface area contributed by atoms with Crippen LogP contribution in [0.2, 0.25) is 0 Å². The van der Waals surface area contributed by atoms with Gasteiger partial charge in [-0.25, -0.2) is 0 Å². The van der Waals surface area contributed by atoms with E-state index in [9.17, 15) is 0 Å². The maximum Gasteiger partial charge on any atom is 0.131 e. The van der Waals surface area contributed by atoms with E-state index in [0.29, 0.717) is 0 Å². The minimum Gasteiger partial charge on any atom is -0.465 e. The molecule has 1 aromatic rings. The third-order valence-electron chi connectivity index (χ3n) is 1.51. The molecule has 0 amide bonds. The molecule has 0 bridgehead atoms. The molecule has 1 aromatic heterocycles. The Kier molecular flexibility index (Phi) is 2.49. The summed E-state index contributed by atoms with van der Waals surface area (Å²) in [5.41, 5.74) is 1.21. The van der Waals surface area contributed by atoms with Gasteiger partial charge in [0.25, 0.3) is 0 Å². The second kappa shape index (κ2) is 3.39. The van der Waals surface area contributed by atoms with Crippen LogP contribution in [0.3, 0.4) is 0 Å². The van der Waals surface area contributed by atoms with E-state index >= 15 is 0 Å². The summed E-state index contributed by atoms with van der Waals surface area (Å²) in [6.07, 6.45) is 8.07. The highest BCUT2D eigenvalue weighted by Gasteiger charge is 2.01. The number of hydrogen-bond donors (Lipinski definition) is 0. The summed E-state index contributed by atoms with van der Waals surface area (Å²) in [4.78, 5) is 3.99. The number of halogens is 1. The lowest BCUT2D eigenvalue weighted by molar-refractivity contribution is 0.554. The van der Waals surface area contributed by atoms with Crippen LogP contribution in [0.25, 0.3) is 6.08 Å². The minimum absolute atomic E-state index is 0. The highest BCUT2D eigenvalue weighted by Crippen LogP contribution is 2.13. The lowest BCUT2D eigenvalue weighted by atomic mass is 10.2. The van der Waals surface area contributed by atoms with Crippen LogP contribution in [0.4, 0.5) is 0 Å². The number of rotatable bonds is 0. The van der Waals surface area contributed by atoms with Crippen LogP contribution in [-0.4, -0.2) is 6.21 Å². The van der Waals surface area contributed by atoms with Gasteiger partial charge in [-0.15, -0.1) is 12.4 Å². The molecule has 0 spiro atoms. The first-order valence-electron chi connectivity index (χ1n) is 3.21. The molecule has 1 aliphatic rings. The molecule has 3 heteroatoms. The minimum atomic E-state index is 0. The van der Waals surface area contributed by atoms with Crippen LogP contribution in [-0.2, 0) is 6.42 Å². The predicted octanol–water partition coefficient (Wildman–Crippen LogP) is 2.30. The second-order valence-corrected chi connectivity index (χ2v) is 2.16. The molecule has 0 fully saturated rings. The normalized spacial score (nSPS) is 13.5. The fraction of sp³-hybridized carbons (Fsp3) is 0.125. The van der Waals surface area contributed by atoms with Crippen molar-refractivity contribution in [1.82, 2.24) is 0 Å². The zero-order chi connectivity index (χ0) is 6.81. The number of aliphatic imine (C=N–C) groups is 1. The topological polar surface area (TPSA) is 25.5 Å². The van der Waals surface area contributed by atoms with Crippen molar-refractivity contribution in [2.75, 3.05) is 0 Å². The molecule has 0 saturated carbocycles. The standard InChI is InChI=1S/C8H7NO.ClH/c1-4-9-5-2-8-7(1)3-6-10-8;/h2-6H,1H2;1H. The maximum absolute atomic E-state index is 5.17. The van der Waals surface area contributed by atoms with Crippen molar-refractivity contribution in [3.63, 3.8) is 0 Å². The van der Waals surface area contributed by atoms with Crippen LogP contribution < -0.4 is 0 Å². The Morgan fingerprint density at radius 2 is 2.36 bits per heavy atom. The molecular weight excluding hydrogens is 162 g/mol. The van der Waals surface area contributed by atoms with Crippen molar-refractivity contribution in [2.45, 2.75) is 6.42 Å². The molecule has 1 aliphatic heterocycles. The summed E-state index contributed by atoms with van der Waals surface area (Å²) in [7, 11) is 0. The first-order chi connectivity index (χ1) is 4.97. The van der Waals surface area contributed by atoms with Gasteiger partial charge in [0.05, 0.1) is 6.26 Å². The van der Waals surface area contributed by atoms with Crippen molar-refractivity contribution in [1.29, 1.82) is 0 Å². The van der Waals surface area contributed by atoms with E-state index in [-0.39, 0.29) is 12.4 Å². The van der Waals surface area contributed by atoms with E-state index in [4.69, 9.17) is 4.42 Å². The zero-order valence-electron chi connectivity index (χ0n) is 5.86. The number of nitrogens with zero attached hydrogens (tertiary/aromatic N) is 1. The molecule has 0 N–H and O–H groups in total. The molecule has 2 heterocycles. The van der Waals surface area contributed by atoms with E-state index in [1.807, 2.05) is 18.4 Å². The molecule has 0 unspecified atom stereocenters. The Morgan fingerprint density at radius 1 is 1.45 bits per heavy atom. The van der Waals surface area contributed by atoms with Gasteiger partial charge in [0.2, 0.25) is 0 Å². The molecule has 2 rings (SSSR count). The Balaban J connectivity index is 0.000000605. The lowest BCUT2D eigenvalue weighted by Gasteiger charge is -1.86. The summed E-state index contributed by atoms with van der Waals surface area (Å²) >= 11 is 0. The van der Waals surface area contributed by atoms with Crippen LogP contribution in [0.1, 0.15) is 11.3 Å². The Labute approximate surface area is 71.0 Å². The monoisotopic (exact) mass is 169 g/mol. The number of hydrogen-bond acceptors (Lipinski definition) is 2. The summed E-state index contributed by atoms with van der Waals surface area (Å²) in [6.45, 7) is 0. The van der Waals surface area contributed by atoms with Gasteiger partial charge in [-0.1, -0.05) is 0 Å². The summed E-state index contributed by atoms with van der Waals surface area (Å²) in [5, 5.41) is 0. The van der Waals surface area contributed by atoms with Crippen molar-refractivity contribution >= 4 is 24.7 Å². The van der Waals surface area contributed by atoms with E-state index in [2.05, 4.69) is 4.99 Å². The third kappa shape index (κ3) is 1.52. The number of fused-ring (bicyclic) bond motifs is 1. The fourth-order valence-electron chi connectivity index (χ4n) is 0.985. The first kappa shape index (κ1) is 8.08. The molecule has 0 saturated heterocycles. The summed E-state index contributed by atoms with van der Waals surface area (Å²) < 4.78 is 5.17. The van der Waals surface area contributed by atoms with Gasteiger partial charge < -0.3 is 4.42 Å². The van der Waals surface area contributed by atoms with Gasteiger partial charge in [0.1, 0.15) is 5.76 Å². The fourth-order valence-corrected chi connectivity index (χ4v) is 0.985. The van der Waals surface area contributed by atoms with Crippen molar-refractivity contribution in [3.05, 3.63) is 29.9 Å². The van der Waals surface area contributed by atoms with Crippen LogP contribution in [0.15, 0.2) is 27.9 Å². The molecular formula is C8H8ClNO. The van der Waals surface area contributed by atoms with Crippen molar-refractivity contribution < 1.29 is 4.42 Å².